The minimum atomic E-state index is -0.924. The number of fused-ring (bicyclic) bond motifs is 1. The zero-order valence-corrected chi connectivity index (χ0v) is 36.2. The van der Waals surface area contributed by atoms with Crippen LogP contribution in [0, 0.1) is 29.6 Å². The van der Waals surface area contributed by atoms with Crippen molar-refractivity contribution in [2.45, 2.75) is 57.0 Å². The lowest BCUT2D eigenvalue weighted by Gasteiger charge is -2.45. The van der Waals surface area contributed by atoms with Gasteiger partial charge in [-0.2, -0.15) is 15.3 Å². The van der Waals surface area contributed by atoms with E-state index >= 15 is 0 Å². The highest BCUT2D eigenvalue weighted by Crippen LogP contribution is 2.43. The van der Waals surface area contributed by atoms with Gasteiger partial charge in [0.15, 0.2) is 5.82 Å². The molecule has 65 heavy (non-hydrogen) atoms. The molecular weight excluding hydrogens is 827 g/mol. The Bertz CT molecular complexity index is 2730. The largest absolute Gasteiger partial charge is 0.477 e. The molecule has 0 spiro atoms. The smallest absolute Gasteiger partial charge is 0.275 e. The van der Waals surface area contributed by atoms with Gasteiger partial charge in [-0.1, -0.05) is 54.6 Å². The van der Waals surface area contributed by atoms with Gasteiger partial charge in [0.25, 0.3) is 17.4 Å². The van der Waals surface area contributed by atoms with Crippen LogP contribution in [-0.4, -0.2) is 111 Å². The molecule has 4 aliphatic heterocycles. The summed E-state index contributed by atoms with van der Waals surface area (Å²) >= 11 is 0. The fourth-order valence-electron chi connectivity index (χ4n) is 9.57. The molecular formula is C48H51N11O6. The van der Waals surface area contributed by atoms with Crippen LogP contribution in [0.2, 0.25) is 0 Å². The maximum absolute atomic E-state index is 13.6. The second-order valence-corrected chi connectivity index (χ2v) is 17.5. The van der Waals surface area contributed by atoms with Gasteiger partial charge in [0.1, 0.15) is 11.5 Å². The molecule has 0 radical (unpaired) electrons. The van der Waals surface area contributed by atoms with Crippen LogP contribution in [0.15, 0.2) is 96.0 Å². The molecule has 9 rings (SSSR count). The van der Waals surface area contributed by atoms with E-state index in [1.54, 1.807) is 18.3 Å². The molecule has 334 valence electrons. The zero-order chi connectivity index (χ0) is 45.1. The average Bonchev–Trinajstić information content (AvgIpc) is 3.33. The molecule has 17 nitrogen and oxygen atoms in total. The molecule has 0 saturated carbocycles. The first-order chi connectivity index (χ1) is 31.5. The lowest BCUT2D eigenvalue weighted by atomic mass is 9.64. The van der Waals surface area contributed by atoms with Gasteiger partial charge in [-0.3, -0.25) is 39.6 Å². The van der Waals surface area contributed by atoms with Gasteiger partial charge >= 0.3 is 0 Å². The molecule has 0 bridgehead atoms. The third kappa shape index (κ3) is 8.91. The molecule has 3 unspecified atom stereocenters. The standard InChI is InChI=1S/C48H51N11O6/c1-32-37-9-8-36(27-38(37)46(64)59(54-32)39-10-11-40(60)51-45(39)63)57-24-22-56(23-25-57)29-43(62)58-20-14-33(15-21-58)30-65-42-13-19-50-44(52-42)35-7-5-6-34(26-35)28-48(18-12-41(61)53-55-48)47(31-49)16-3-2-4-17-47/h2-9,12-13,16,18-19,26-27,33,39,55H,10-11,14-15,17,20-25,28-30H2,1H3,(H,53,61)(H,51,60,63). The number of likely N-dealkylation sites (tertiary alicyclic amines) is 1. The van der Waals surface area contributed by atoms with E-state index in [0.717, 1.165) is 35.0 Å². The molecule has 6 heterocycles. The average molecular weight is 878 g/mol. The van der Waals surface area contributed by atoms with Crippen molar-refractivity contribution in [1.82, 2.24) is 45.7 Å². The predicted molar refractivity (Wildman–Crippen MR) is 241 cm³/mol. The van der Waals surface area contributed by atoms with Gasteiger partial charge in [0.2, 0.25) is 17.7 Å². The van der Waals surface area contributed by atoms with Crippen LogP contribution in [0.25, 0.3) is 22.2 Å². The number of piperidine rings is 2. The Kier molecular flexibility index (Phi) is 12.1. The van der Waals surface area contributed by atoms with Crippen LogP contribution < -0.4 is 31.4 Å². The Morgan fingerprint density at radius 1 is 0.954 bits per heavy atom. The quantitative estimate of drug-likeness (QED) is 0.186. The Hall–Kier alpha value is -7.03. The zero-order valence-electron chi connectivity index (χ0n) is 36.2. The number of imide groups is 1. The Labute approximate surface area is 375 Å². The first-order valence-electron chi connectivity index (χ1n) is 22.2. The van der Waals surface area contributed by atoms with Crippen molar-refractivity contribution in [3.63, 3.8) is 0 Å². The van der Waals surface area contributed by atoms with Crippen molar-refractivity contribution >= 4 is 40.1 Å². The second-order valence-electron chi connectivity index (χ2n) is 17.5. The van der Waals surface area contributed by atoms with Crippen molar-refractivity contribution in [2.24, 2.45) is 11.3 Å². The Balaban J connectivity index is 0.756. The number of anilines is 1. The summed E-state index contributed by atoms with van der Waals surface area (Å²) in [5, 5.41) is 18.4. The summed E-state index contributed by atoms with van der Waals surface area (Å²) in [7, 11) is 0. The number of aromatic nitrogens is 4. The Morgan fingerprint density at radius 2 is 1.78 bits per heavy atom. The first-order valence-corrected chi connectivity index (χ1v) is 22.2. The summed E-state index contributed by atoms with van der Waals surface area (Å²) in [6.45, 7) is 6.71. The number of allylic oxidation sites excluding steroid dienone is 3. The van der Waals surface area contributed by atoms with E-state index < -0.39 is 22.9 Å². The maximum atomic E-state index is 13.6. The van der Waals surface area contributed by atoms with Crippen LogP contribution in [-0.2, 0) is 25.6 Å². The van der Waals surface area contributed by atoms with E-state index in [4.69, 9.17) is 9.72 Å². The van der Waals surface area contributed by atoms with E-state index in [9.17, 15) is 29.2 Å². The lowest BCUT2D eigenvalue weighted by molar-refractivity contribution is -0.136. The number of aryl methyl sites for hydroxylation is 1. The van der Waals surface area contributed by atoms with Crippen LogP contribution in [0.1, 0.15) is 49.4 Å². The highest BCUT2D eigenvalue weighted by molar-refractivity contribution is 5.99. The third-order valence-corrected chi connectivity index (χ3v) is 13.4. The van der Waals surface area contributed by atoms with Crippen LogP contribution >= 0.6 is 0 Å². The molecule has 3 saturated heterocycles. The van der Waals surface area contributed by atoms with Crippen molar-refractivity contribution in [3.05, 3.63) is 113 Å². The summed E-state index contributed by atoms with van der Waals surface area (Å²) in [6.07, 6.45) is 15.5. The van der Waals surface area contributed by atoms with Crippen molar-refractivity contribution in [3.8, 4) is 23.3 Å². The van der Waals surface area contributed by atoms with Gasteiger partial charge in [-0.05, 0) is 68.7 Å². The SMILES string of the molecule is Cc1nn(C2CCC(=O)NC2=O)c(=O)c2cc(N3CCN(CC(=O)N4CCC(COc5ccnc(-c6cccc(CC7(C8(C#N)C=CC=CC8)C=CC(=O)NN7)c6)n5)CC4)CC3)ccc12. The fraction of sp³-hybridized carbons (Fsp3) is 0.396. The molecule has 17 heteroatoms. The molecule has 4 amide bonds. The minimum absolute atomic E-state index is 0.115. The van der Waals surface area contributed by atoms with Crippen molar-refractivity contribution < 1.29 is 23.9 Å². The summed E-state index contributed by atoms with van der Waals surface area (Å²) in [4.78, 5) is 79.0. The third-order valence-electron chi connectivity index (χ3n) is 13.4. The molecule has 2 aromatic heterocycles. The normalized spacial score (nSPS) is 23.9. The number of ether oxygens (including phenoxy) is 1. The van der Waals surface area contributed by atoms with E-state index in [2.05, 4.69) is 42.1 Å². The number of nitrogens with one attached hydrogen (secondary N) is 3. The molecule has 4 aromatic rings. The number of nitrogens with zero attached hydrogens (tertiary/aromatic N) is 8. The fourth-order valence-corrected chi connectivity index (χ4v) is 9.57. The van der Waals surface area contributed by atoms with Gasteiger partial charge < -0.3 is 14.5 Å². The molecule has 3 atom stereocenters. The number of hydrogen-bond donors (Lipinski definition) is 3. The topological polar surface area (TPSA) is 208 Å². The molecule has 3 N–H and O–H groups in total. The number of benzene rings is 2. The number of hydrogen-bond acceptors (Lipinski definition) is 13. The first kappa shape index (κ1) is 43.2. The monoisotopic (exact) mass is 877 g/mol. The predicted octanol–water partition coefficient (Wildman–Crippen LogP) is 3.08. The van der Waals surface area contributed by atoms with Crippen molar-refractivity contribution in [1.29, 1.82) is 5.26 Å². The summed E-state index contributed by atoms with van der Waals surface area (Å²) in [5.41, 5.74) is 6.97. The van der Waals surface area contributed by atoms with E-state index in [1.807, 2.05) is 78.6 Å². The second kappa shape index (κ2) is 18.2. The molecule has 1 aliphatic carbocycles. The summed E-state index contributed by atoms with van der Waals surface area (Å²) < 4.78 is 7.42. The summed E-state index contributed by atoms with van der Waals surface area (Å²) in [6, 6.07) is 17.0. The number of amides is 4. The number of piperazine rings is 1. The molecule has 2 aromatic carbocycles. The van der Waals surface area contributed by atoms with Gasteiger partial charge in [0.05, 0.1) is 35.8 Å². The number of carbonyl (C=O) groups excluding carboxylic acids is 4. The minimum Gasteiger partial charge on any atom is -0.477 e. The van der Waals surface area contributed by atoms with Crippen LogP contribution in [0.5, 0.6) is 5.88 Å². The van der Waals surface area contributed by atoms with Gasteiger partial charge in [-0.25, -0.2) is 15.1 Å². The summed E-state index contributed by atoms with van der Waals surface area (Å²) in [5.74, 6) is 0.230. The van der Waals surface area contributed by atoms with Crippen LogP contribution in [0.4, 0.5) is 5.69 Å². The maximum Gasteiger partial charge on any atom is 0.275 e. The number of rotatable bonds is 11. The Morgan fingerprint density at radius 3 is 2.52 bits per heavy atom. The number of hydrazine groups is 1. The van der Waals surface area contributed by atoms with Crippen LogP contribution in [0.3, 0.4) is 0 Å². The van der Waals surface area contributed by atoms with Crippen molar-refractivity contribution in [2.75, 3.05) is 57.3 Å². The van der Waals surface area contributed by atoms with Gasteiger partial charge in [0, 0.05) is 80.7 Å². The van der Waals surface area contributed by atoms with E-state index in [0.29, 0.717) is 88.0 Å². The van der Waals surface area contributed by atoms with Gasteiger partial charge in [-0.15, -0.1) is 0 Å². The highest BCUT2D eigenvalue weighted by Gasteiger charge is 2.50. The van der Waals surface area contributed by atoms with E-state index in [-0.39, 0.29) is 42.0 Å². The van der Waals surface area contributed by atoms with E-state index in [1.165, 1.54) is 10.8 Å². The highest BCUT2D eigenvalue weighted by atomic mass is 16.5. The number of nitriles is 1. The number of carbonyl (C=O) groups is 4. The lowest BCUT2D eigenvalue weighted by Crippen LogP contribution is -2.64. The molecule has 3 fully saturated rings. The molecule has 5 aliphatic rings.